The van der Waals surface area contributed by atoms with Crippen LogP contribution in [0.1, 0.15) is 0 Å². The summed E-state index contributed by atoms with van der Waals surface area (Å²) in [6.45, 7) is 0. The normalized spacial score (nSPS) is 11.5. The molecular formula is C66H44N2O. The number of nitrogens with zero attached hydrogens (tertiary/aromatic N) is 2. The van der Waals surface area contributed by atoms with Crippen molar-refractivity contribution in [3.63, 3.8) is 0 Å². The zero-order valence-electron chi connectivity index (χ0n) is 37.7. The Labute approximate surface area is 401 Å². The summed E-state index contributed by atoms with van der Waals surface area (Å²) in [6.07, 6.45) is 0. The highest BCUT2D eigenvalue weighted by Crippen LogP contribution is 2.43. The summed E-state index contributed by atoms with van der Waals surface area (Å²) < 4.78 is 8.89. The third kappa shape index (κ3) is 7.16. The van der Waals surface area contributed by atoms with E-state index in [2.05, 4.69) is 264 Å². The van der Waals surface area contributed by atoms with Gasteiger partial charge in [0.25, 0.3) is 0 Å². The minimum Gasteiger partial charge on any atom is -0.455 e. The molecule has 0 atom stereocenters. The molecule has 0 spiro atoms. The maximum absolute atomic E-state index is 6.45. The van der Waals surface area contributed by atoms with Gasteiger partial charge in [-0.1, -0.05) is 200 Å². The molecule has 11 aromatic carbocycles. The average Bonchev–Trinajstić information content (AvgIpc) is 3.98. The monoisotopic (exact) mass is 880 g/mol. The highest BCUT2D eigenvalue weighted by Gasteiger charge is 2.19. The second kappa shape index (κ2) is 16.9. The number of hydrogen-bond acceptors (Lipinski definition) is 2. The smallest absolute Gasteiger partial charge is 0.143 e. The van der Waals surface area contributed by atoms with E-state index in [4.69, 9.17) is 4.42 Å². The minimum atomic E-state index is 0.904. The van der Waals surface area contributed by atoms with Crippen LogP contribution in [0.5, 0.6) is 0 Å². The average molecular weight is 881 g/mol. The molecule has 0 fully saturated rings. The summed E-state index contributed by atoms with van der Waals surface area (Å²) in [5.41, 5.74) is 20.1. The van der Waals surface area contributed by atoms with Gasteiger partial charge in [0.05, 0.1) is 16.7 Å². The van der Waals surface area contributed by atoms with Gasteiger partial charge in [-0.25, -0.2) is 0 Å². The van der Waals surface area contributed by atoms with Gasteiger partial charge in [-0.3, -0.25) is 0 Å². The van der Waals surface area contributed by atoms with E-state index in [1.165, 1.54) is 38.5 Å². The van der Waals surface area contributed by atoms with E-state index < -0.39 is 0 Å². The summed E-state index contributed by atoms with van der Waals surface area (Å²) in [5.74, 6) is 0. The number of aromatic nitrogens is 1. The van der Waals surface area contributed by atoms with Crippen molar-refractivity contribution in [1.29, 1.82) is 0 Å². The second-order valence-electron chi connectivity index (χ2n) is 17.7. The van der Waals surface area contributed by atoms with E-state index in [1.807, 2.05) is 12.1 Å². The van der Waals surface area contributed by atoms with Crippen LogP contribution in [0.4, 0.5) is 17.1 Å². The molecule has 0 saturated carbocycles. The molecule has 0 aliphatic rings. The van der Waals surface area contributed by atoms with Crippen LogP contribution in [0.2, 0.25) is 0 Å². The Bertz CT molecular complexity index is 3940. The summed E-state index contributed by atoms with van der Waals surface area (Å²) in [5, 5.41) is 4.75. The van der Waals surface area contributed by atoms with Gasteiger partial charge in [0.2, 0.25) is 0 Å². The summed E-state index contributed by atoms with van der Waals surface area (Å²) in [4.78, 5) is 2.37. The van der Waals surface area contributed by atoms with Crippen molar-refractivity contribution in [2.45, 2.75) is 0 Å². The lowest BCUT2D eigenvalue weighted by molar-refractivity contribution is 0.670. The van der Waals surface area contributed by atoms with E-state index in [9.17, 15) is 0 Å². The second-order valence-corrected chi connectivity index (χ2v) is 17.7. The van der Waals surface area contributed by atoms with Gasteiger partial charge in [-0.15, -0.1) is 0 Å². The molecule has 13 aromatic rings. The van der Waals surface area contributed by atoms with Crippen LogP contribution in [-0.2, 0) is 0 Å². The number of benzene rings is 11. The standard InChI is InChI=1S/C66H44N2O/c1-3-16-45(17-4-1)50-21-14-23-55(43-50)67(53-37-32-47(33-38-53)49-20-13-22-52(42-49)57-27-15-28-61-60-26-9-12-31-65(60)69-66(57)61)54-39-34-48(35-40-54)56-41-36-51(46-18-5-2-6-19-46)44-64(56)68-62-29-10-7-24-58(62)59-25-8-11-30-63(59)68/h1-44H. The first kappa shape index (κ1) is 40.1. The van der Waals surface area contributed by atoms with Crippen LogP contribution >= 0.6 is 0 Å². The molecule has 69 heavy (non-hydrogen) atoms. The number of para-hydroxylation sites is 4. The third-order valence-electron chi connectivity index (χ3n) is 13.6. The molecule has 3 heteroatoms. The largest absolute Gasteiger partial charge is 0.455 e. The number of rotatable bonds is 9. The lowest BCUT2D eigenvalue weighted by Gasteiger charge is -2.26. The fourth-order valence-electron chi connectivity index (χ4n) is 10.3. The number of fused-ring (bicyclic) bond motifs is 6. The van der Waals surface area contributed by atoms with Crippen molar-refractivity contribution in [3.8, 4) is 61.3 Å². The predicted octanol–water partition coefficient (Wildman–Crippen LogP) is 18.5. The summed E-state index contributed by atoms with van der Waals surface area (Å²) in [7, 11) is 0. The van der Waals surface area contributed by atoms with Crippen molar-refractivity contribution in [3.05, 3.63) is 267 Å². The van der Waals surface area contributed by atoms with Crippen LogP contribution in [0, 0.1) is 0 Å². The van der Waals surface area contributed by atoms with Gasteiger partial charge in [0.15, 0.2) is 0 Å². The van der Waals surface area contributed by atoms with Crippen LogP contribution in [0.3, 0.4) is 0 Å². The van der Waals surface area contributed by atoms with E-state index in [0.717, 1.165) is 83.6 Å². The van der Waals surface area contributed by atoms with Crippen LogP contribution in [0.15, 0.2) is 271 Å². The van der Waals surface area contributed by atoms with Crippen molar-refractivity contribution >= 4 is 60.8 Å². The maximum atomic E-state index is 6.45. The van der Waals surface area contributed by atoms with E-state index in [-0.39, 0.29) is 0 Å². The van der Waals surface area contributed by atoms with Crippen molar-refractivity contribution in [2.75, 3.05) is 4.90 Å². The van der Waals surface area contributed by atoms with Gasteiger partial charge in [0.1, 0.15) is 11.2 Å². The highest BCUT2D eigenvalue weighted by atomic mass is 16.3. The minimum absolute atomic E-state index is 0.904. The highest BCUT2D eigenvalue weighted by molar-refractivity contribution is 6.11. The Kier molecular flexibility index (Phi) is 9.84. The molecule has 0 aliphatic heterocycles. The molecule has 0 aliphatic carbocycles. The zero-order valence-corrected chi connectivity index (χ0v) is 37.7. The summed E-state index contributed by atoms with van der Waals surface area (Å²) >= 11 is 0. The molecule has 0 radical (unpaired) electrons. The Morgan fingerprint density at radius 3 is 1.43 bits per heavy atom. The maximum Gasteiger partial charge on any atom is 0.143 e. The molecule has 0 saturated heterocycles. The molecule has 3 nitrogen and oxygen atoms in total. The lowest BCUT2D eigenvalue weighted by Crippen LogP contribution is -2.10. The van der Waals surface area contributed by atoms with Gasteiger partial charge < -0.3 is 13.9 Å². The first-order chi connectivity index (χ1) is 34.2. The van der Waals surface area contributed by atoms with Gasteiger partial charge in [-0.2, -0.15) is 0 Å². The van der Waals surface area contributed by atoms with Gasteiger partial charge in [0, 0.05) is 49.7 Å². The molecule has 2 aromatic heterocycles. The van der Waals surface area contributed by atoms with Crippen molar-refractivity contribution in [1.82, 2.24) is 4.57 Å². The quantitative estimate of drug-likeness (QED) is 0.144. The lowest BCUT2D eigenvalue weighted by atomic mass is 9.97. The van der Waals surface area contributed by atoms with E-state index in [0.29, 0.717) is 0 Å². The Balaban J connectivity index is 0.909. The molecule has 0 bridgehead atoms. The molecule has 0 unspecified atom stereocenters. The molecule has 13 rings (SSSR count). The van der Waals surface area contributed by atoms with Crippen molar-refractivity contribution < 1.29 is 4.42 Å². The predicted molar refractivity (Wildman–Crippen MR) is 290 cm³/mol. The van der Waals surface area contributed by atoms with Gasteiger partial charge >= 0.3 is 0 Å². The van der Waals surface area contributed by atoms with Gasteiger partial charge in [-0.05, 0) is 111 Å². The first-order valence-corrected chi connectivity index (χ1v) is 23.6. The van der Waals surface area contributed by atoms with Crippen LogP contribution in [-0.4, -0.2) is 4.57 Å². The van der Waals surface area contributed by atoms with E-state index >= 15 is 0 Å². The Morgan fingerprint density at radius 2 is 0.754 bits per heavy atom. The molecule has 324 valence electrons. The topological polar surface area (TPSA) is 21.3 Å². The van der Waals surface area contributed by atoms with Crippen LogP contribution < -0.4 is 4.90 Å². The molecule has 2 heterocycles. The SMILES string of the molecule is c1ccc(-c2cccc(N(c3ccc(-c4cccc(-c5cccc6c5oc5ccccc56)c4)cc3)c3ccc(-c4ccc(-c5ccccc5)cc4-n4c5ccccc5c5ccccc54)cc3)c2)cc1. The fraction of sp³-hybridized carbons (Fsp3) is 0. The summed E-state index contributed by atoms with van der Waals surface area (Å²) in [6, 6.07) is 96.1. The van der Waals surface area contributed by atoms with E-state index in [1.54, 1.807) is 0 Å². The first-order valence-electron chi connectivity index (χ1n) is 23.6. The number of furan rings is 1. The molecule has 0 amide bonds. The Morgan fingerprint density at radius 1 is 0.275 bits per heavy atom. The molecular weight excluding hydrogens is 837 g/mol. The third-order valence-corrected chi connectivity index (χ3v) is 13.6. The molecule has 0 N–H and O–H groups in total. The van der Waals surface area contributed by atoms with Crippen LogP contribution in [0.25, 0.3) is 105 Å². The Hall–Kier alpha value is -9.18. The number of hydrogen-bond donors (Lipinski definition) is 0. The zero-order chi connectivity index (χ0) is 45.7. The van der Waals surface area contributed by atoms with Crippen molar-refractivity contribution in [2.24, 2.45) is 0 Å². The fourth-order valence-corrected chi connectivity index (χ4v) is 10.3. The number of anilines is 3.